The number of carbonyl (C=O) groups excluding carboxylic acids is 1. The Morgan fingerprint density at radius 2 is 1.57 bits per heavy atom. The van der Waals surface area contributed by atoms with Crippen LogP contribution in [0.2, 0.25) is 0 Å². The molecule has 1 nitrogen and oxygen atoms in total. The lowest BCUT2D eigenvalue weighted by molar-refractivity contribution is -0.135. The molecule has 0 aromatic carbocycles. The molecule has 0 heterocycles. The molecule has 0 aromatic heterocycles. The SMILES string of the molecule is CC(=O)[C@H]1CCC2C3CCC4CC(C)CCC4(C)C3CCC21C. The van der Waals surface area contributed by atoms with Gasteiger partial charge in [0.05, 0.1) is 0 Å². The van der Waals surface area contributed by atoms with Gasteiger partial charge in [0, 0.05) is 5.92 Å². The number of ketones is 1. The minimum absolute atomic E-state index is 0.332. The third-order valence-electron chi connectivity index (χ3n) is 9.42. The first-order valence-electron chi connectivity index (χ1n) is 10.4. The van der Waals surface area contributed by atoms with Crippen molar-refractivity contribution in [2.45, 2.75) is 85.5 Å². The molecule has 8 atom stereocenters. The van der Waals surface area contributed by atoms with E-state index in [1.807, 2.05) is 6.92 Å². The van der Waals surface area contributed by atoms with E-state index in [-0.39, 0.29) is 0 Å². The zero-order valence-electron chi connectivity index (χ0n) is 15.7. The largest absolute Gasteiger partial charge is 0.300 e. The first-order chi connectivity index (χ1) is 10.9. The van der Waals surface area contributed by atoms with Crippen molar-refractivity contribution < 1.29 is 4.79 Å². The number of carbonyl (C=O) groups is 1. The monoisotopic (exact) mass is 316 g/mol. The van der Waals surface area contributed by atoms with Gasteiger partial charge in [-0.05, 0) is 98.7 Å². The third kappa shape index (κ3) is 2.20. The third-order valence-corrected chi connectivity index (χ3v) is 9.42. The van der Waals surface area contributed by atoms with Crippen LogP contribution in [-0.2, 0) is 4.79 Å². The molecule has 0 spiro atoms. The van der Waals surface area contributed by atoms with E-state index in [4.69, 9.17) is 0 Å². The predicted octanol–water partition coefficient (Wildman–Crippen LogP) is 5.87. The quantitative estimate of drug-likeness (QED) is 0.591. The molecule has 0 radical (unpaired) electrons. The first-order valence-corrected chi connectivity index (χ1v) is 10.4. The Morgan fingerprint density at radius 1 is 0.870 bits per heavy atom. The molecule has 0 N–H and O–H groups in total. The van der Waals surface area contributed by atoms with Gasteiger partial charge < -0.3 is 0 Å². The van der Waals surface area contributed by atoms with E-state index >= 15 is 0 Å². The highest BCUT2D eigenvalue weighted by Gasteiger charge is 2.60. The molecule has 7 unspecified atom stereocenters. The van der Waals surface area contributed by atoms with Gasteiger partial charge in [-0.1, -0.05) is 27.2 Å². The molecular formula is C22H36O. The van der Waals surface area contributed by atoms with E-state index in [0.29, 0.717) is 22.5 Å². The van der Waals surface area contributed by atoms with Gasteiger partial charge in [-0.2, -0.15) is 0 Å². The van der Waals surface area contributed by atoms with Crippen molar-refractivity contribution in [1.29, 1.82) is 0 Å². The number of fused-ring (bicyclic) bond motifs is 5. The molecule has 23 heavy (non-hydrogen) atoms. The van der Waals surface area contributed by atoms with Gasteiger partial charge in [0.2, 0.25) is 0 Å². The fourth-order valence-electron chi connectivity index (χ4n) is 8.14. The Kier molecular flexibility index (Phi) is 3.75. The summed E-state index contributed by atoms with van der Waals surface area (Å²) in [6.45, 7) is 9.45. The maximum absolute atomic E-state index is 12.2. The number of Topliss-reactive ketones (excluding diaryl/α,β-unsaturated/α-hetero) is 1. The van der Waals surface area contributed by atoms with Crippen LogP contribution in [0, 0.1) is 46.3 Å². The molecule has 0 aliphatic heterocycles. The van der Waals surface area contributed by atoms with Crippen LogP contribution in [0.4, 0.5) is 0 Å². The first kappa shape index (κ1) is 16.2. The number of rotatable bonds is 1. The summed E-state index contributed by atoms with van der Waals surface area (Å²) in [6.07, 6.45) is 12.6. The fraction of sp³-hybridized carbons (Fsp3) is 0.955. The lowest BCUT2D eigenvalue weighted by Gasteiger charge is -2.61. The predicted molar refractivity (Wildman–Crippen MR) is 95.1 cm³/mol. The lowest BCUT2D eigenvalue weighted by atomic mass is 9.44. The summed E-state index contributed by atoms with van der Waals surface area (Å²) in [4.78, 5) is 12.2. The van der Waals surface area contributed by atoms with Crippen molar-refractivity contribution in [3.8, 4) is 0 Å². The van der Waals surface area contributed by atoms with Crippen molar-refractivity contribution in [2.75, 3.05) is 0 Å². The molecule has 1 heteroatoms. The molecule has 0 saturated heterocycles. The van der Waals surface area contributed by atoms with Gasteiger partial charge in [-0.25, -0.2) is 0 Å². The molecule has 4 saturated carbocycles. The van der Waals surface area contributed by atoms with Crippen molar-refractivity contribution in [3.63, 3.8) is 0 Å². The van der Waals surface area contributed by atoms with Gasteiger partial charge in [-0.3, -0.25) is 4.79 Å². The maximum atomic E-state index is 12.2. The smallest absolute Gasteiger partial charge is 0.133 e. The van der Waals surface area contributed by atoms with Crippen molar-refractivity contribution in [3.05, 3.63) is 0 Å². The molecule has 0 bridgehead atoms. The van der Waals surface area contributed by atoms with Crippen LogP contribution in [0.15, 0.2) is 0 Å². The second kappa shape index (κ2) is 5.33. The Balaban J connectivity index is 1.61. The van der Waals surface area contributed by atoms with Gasteiger partial charge in [0.15, 0.2) is 0 Å². The van der Waals surface area contributed by atoms with E-state index in [1.165, 1.54) is 57.8 Å². The van der Waals surface area contributed by atoms with Gasteiger partial charge in [0.1, 0.15) is 5.78 Å². The summed E-state index contributed by atoms with van der Waals surface area (Å²) in [5.41, 5.74) is 0.948. The summed E-state index contributed by atoms with van der Waals surface area (Å²) >= 11 is 0. The van der Waals surface area contributed by atoms with Crippen molar-refractivity contribution in [1.82, 2.24) is 0 Å². The molecule has 0 amide bonds. The summed E-state index contributed by atoms with van der Waals surface area (Å²) in [7, 11) is 0. The van der Waals surface area contributed by atoms with Crippen molar-refractivity contribution >= 4 is 5.78 Å². The molecule has 4 aliphatic rings. The van der Waals surface area contributed by atoms with Crippen LogP contribution < -0.4 is 0 Å². The molecule has 0 aromatic rings. The standard InChI is InChI=1S/C22H36O/c1-14-9-11-21(3)16(13-14)5-6-17-19-8-7-18(15(2)23)22(19,4)12-10-20(17)21/h14,16-20H,5-13H2,1-4H3/t14?,16?,17?,18-,19?,20?,21?,22?/m1/s1. The Labute approximate surface area is 143 Å². The number of hydrogen-bond donors (Lipinski definition) is 0. The second-order valence-corrected chi connectivity index (χ2v) is 10.3. The Hall–Kier alpha value is -0.330. The fourth-order valence-corrected chi connectivity index (χ4v) is 8.14. The van der Waals surface area contributed by atoms with Crippen LogP contribution in [-0.4, -0.2) is 5.78 Å². The van der Waals surface area contributed by atoms with Crippen LogP contribution in [0.25, 0.3) is 0 Å². The Morgan fingerprint density at radius 3 is 2.30 bits per heavy atom. The van der Waals surface area contributed by atoms with E-state index < -0.39 is 0 Å². The van der Waals surface area contributed by atoms with E-state index in [2.05, 4.69) is 20.8 Å². The highest BCUT2D eigenvalue weighted by Crippen LogP contribution is 2.67. The average molecular weight is 317 g/mol. The number of hydrogen-bond acceptors (Lipinski definition) is 1. The highest BCUT2D eigenvalue weighted by atomic mass is 16.1. The summed E-state index contributed by atoms with van der Waals surface area (Å²) < 4.78 is 0. The summed E-state index contributed by atoms with van der Waals surface area (Å²) in [5.74, 6) is 5.50. The van der Waals surface area contributed by atoms with E-state index in [0.717, 1.165) is 29.6 Å². The zero-order chi connectivity index (χ0) is 16.4. The molecular weight excluding hydrogens is 280 g/mol. The Bertz CT molecular complexity index is 496. The van der Waals surface area contributed by atoms with Crippen LogP contribution in [0.5, 0.6) is 0 Å². The highest BCUT2D eigenvalue weighted by molar-refractivity contribution is 5.79. The van der Waals surface area contributed by atoms with Gasteiger partial charge in [0.25, 0.3) is 0 Å². The minimum atomic E-state index is 0.332. The molecule has 4 aliphatic carbocycles. The van der Waals surface area contributed by atoms with Crippen LogP contribution >= 0.6 is 0 Å². The summed E-state index contributed by atoms with van der Waals surface area (Å²) in [6, 6.07) is 0. The van der Waals surface area contributed by atoms with Crippen molar-refractivity contribution in [2.24, 2.45) is 46.3 Å². The van der Waals surface area contributed by atoms with Gasteiger partial charge in [-0.15, -0.1) is 0 Å². The zero-order valence-corrected chi connectivity index (χ0v) is 15.7. The molecule has 4 rings (SSSR count). The maximum Gasteiger partial charge on any atom is 0.133 e. The molecule has 4 fully saturated rings. The summed E-state index contributed by atoms with van der Waals surface area (Å²) in [5, 5.41) is 0. The van der Waals surface area contributed by atoms with Crippen LogP contribution in [0.1, 0.15) is 85.5 Å². The minimum Gasteiger partial charge on any atom is -0.300 e. The topological polar surface area (TPSA) is 17.1 Å². The van der Waals surface area contributed by atoms with Gasteiger partial charge >= 0.3 is 0 Å². The van der Waals surface area contributed by atoms with Crippen LogP contribution in [0.3, 0.4) is 0 Å². The second-order valence-electron chi connectivity index (χ2n) is 10.3. The lowest BCUT2D eigenvalue weighted by Crippen LogP contribution is -2.53. The van der Waals surface area contributed by atoms with E-state index in [1.54, 1.807) is 0 Å². The average Bonchev–Trinajstić information content (AvgIpc) is 2.85. The normalized spacial score (nSPS) is 55.7. The van der Waals surface area contributed by atoms with E-state index in [9.17, 15) is 4.79 Å². The molecule has 130 valence electrons.